The van der Waals surface area contributed by atoms with Gasteiger partial charge in [0.2, 0.25) is 5.88 Å². The highest BCUT2D eigenvalue weighted by atomic mass is 79.9. The predicted molar refractivity (Wildman–Crippen MR) is 64.2 cm³/mol. The van der Waals surface area contributed by atoms with Crippen molar-refractivity contribution in [2.75, 3.05) is 7.11 Å². The summed E-state index contributed by atoms with van der Waals surface area (Å²) in [6.07, 6.45) is -8.65. The van der Waals surface area contributed by atoms with Crippen molar-refractivity contribution in [1.29, 1.82) is 0 Å². The van der Waals surface area contributed by atoms with E-state index < -0.39 is 36.6 Å². The molecular formula is C11H9BrF5NO3. The van der Waals surface area contributed by atoms with Crippen LogP contribution >= 0.6 is 15.9 Å². The number of rotatable bonds is 5. The van der Waals surface area contributed by atoms with Crippen molar-refractivity contribution < 1.29 is 36.2 Å². The monoisotopic (exact) mass is 377 g/mol. The number of nitrogens with zero attached hydrogens (tertiary/aromatic N) is 1. The maximum atomic E-state index is 13.0. The summed E-state index contributed by atoms with van der Waals surface area (Å²) in [5.74, 6) is -1.79. The Morgan fingerprint density at radius 2 is 2.05 bits per heavy atom. The maximum absolute atomic E-state index is 13.0. The molecule has 0 aliphatic heterocycles. The zero-order valence-corrected chi connectivity index (χ0v) is 12.1. The molecule has 0 spiro atoms. The highest BCUT2D eigenvalue weighted by Crippen LogP contribution is 2.32. The van der Waals surface area contributed by atoms with E-state index in [1.54, 1.807) is 0 Å². The Balaban J connectivity index is 3.33. The van der Waals surface area contributed by atoms with Gasteiger partial charge in [0.25, 0.3) is 6.43 Å². The zero-order valence-electron chi connectivity index (χ0n) is 10.5. The second kappa shape index (κ2) is 7.01. The summed E-state index contributed by atoms with van der Waals surface area (Å²) >= 11 is 2.86. The standard InChI is InChI=1S/C11H9BrF5NO3/c1-20-8(19)3-5-2-7(21-11(15,16)17)18-6(4-12)9(5)10(13)14/h2,10H,3-4H2,1H3. The molecule has 0 unspecified atom stereocenters. The van der Waals surface area contributed by atoms with E-state index in [1.165, 1.54) is 0 Å². The summed E-state index contributed by atoms with van der Waals surface area (Å²) < 4.78 is 70.5. The number of ether oxygens (including phenoxy) is 2. The van der Waals surface area contributed by atoms with Crippen LogP contribution < -0.4 is 4.74 Å². The molecule has 21 heavy (non-hydrogen) atoms. The van der Waals surface area contributed by atoms with Crippen LogP contribution in [0.4, 0.5) is 22.0 Å². The topological polar surface area (TPSA) is 48.4 Å². The normalized spacial score (nSPS) is 11.6. The van der Waals surface area contributed by atoms with Gasteiger partial charge in [-0.05, 0) is 5.56 Å². The summed E-state index contributed by atoms with van der Waals surface area (Å²) in [5.41, 5.74) is -1.29. The minimum Gasteiger partial charge on any atom is -0.469 e. The Hall–Kier alpha value is -1.45. The van der Waals surface area contributed by atoms with Gasteiger partial charge in [0.05, 0.1) is 19.2 Å². The fourth-order valence-electron chi connectivity index (χ4n) is 1.55. The number of alkyl halides is 6. The Labute approximate surface area is 124 Å². The molecule has 1 aromatic heterocycles. The molecule has 0 N–H and O–H groups in total. The van der Waals surface area contributed by atoms with Gasteiger partial charge in [-0.2, -0.15) is 0 Å². The molecule has 1 heterocycles. The first-order valence-electron chi connectivity index (χ1n) is 5.37. The Morgan fingerprint density at radius 3 is 2.48 bits per heavy atom. The molecule has 0 radical (unpaired) electrons. The lowest BCUT2D eigenvalue weighted by Gasteiger charge is -2.15. The minimum atomic E-state index is -5.02. The molecule has 0 atom stereocenters. The van der Waals surface area contributed by atoms with Crippen LogP contribution in [0.15, 0.2) is 6.07 Å². The predicted octanol–water partition coefficient (Wildman–Crippen LogP) is 3.53. The lowest BCUT2D eigenvalue weighted by atomic mass is 10.0. The first-order valence-corrected chi connectivity index (χ1v) is 6.49. The molecule has 4 nitrogen and oxygen atoms in total. The van der Waals surface area contributed by atoms with Gasteiger partial charge in [-0.15, -0.1) is 13.2 Å². The average molecular weight is 378 g/mol. The van der Waals surface area contributed by atoms with E-state index in [-0.39, 0.29) is 16.6 Å². The number of halogens is 6. The van der Waals surface area contributed by atoms with Crippen molar-refractivity contribution in [3.63, 3.8) is 0 Å². The van der Waals surface area contributed by atoms with Crippen LogP contribution in [0.5, 0.6) is 5.88 Å². The molecule has 10 heteroatoms. The van der Waals surface area contributed by atoms with Gasteiger partial charge in [0, 0.05) is 17.0 Å². The van der Waals surface area contributed by atoms with E-state index in [9.17, 15) is 26.7 Å². The van der Waals surface area contributed by atoms with Crippen molar-refractivity contribution in [3.05, 3.63) is 22.9 Å². The van der Waals surface area contributed by atoms with Crippen molar-refractivity contribution in [1.82, 2.24) is 4.98 Å². The Kier molecular flexibility index (Phi) is 5.87. The van der Waals surface area contributed by atoms with Gasteiger partial charge in [-0.1, -0.05) is 15.9 Å². The van der Waals surface area contributed by atoms with Gasteiger partial charge in [0.15, 0.2) is 0 Å². The summed E-state index contributed by atoms with van der Waals surface area (Å²) in [7, 11) is 1.03. The quantitative estimate of drug-likeness (QED) is 0.447. The van der Waals surface area contributed by atoms with Crippen molar-refractivity contribution in [2.24, 2.45) is 0 Å². The largest absolute Gasteiger partial charge is 0.574 e. The lowest BCUT2D eigenvalue weighted by molar-refractivity contribution is -0.276. The first-order chi connectivity index (χ1) is 9.67. The molecular weight excluding hydrogens is 369 g/mol. The number of carbonyl (C=O) groups is 1. The molecule has 0 aliphatic rings. The summed E-state index contributed by atoms with van der Waals surface area (Å²) in [5, 5.41) is -0.226. The van der Waals surface area contributed by atoms with Crippen LogP contribution in [0.3, 0.4) is 0 Å². The number of aromatic nitrogens is 1. The summed E-state index contributed by atoms with van der Waals surface area (Å²) in [4.78, 5) is 14.6. The molecule has 0 aliphatic carbocycles. The highest BCUT2D eigenvalue weighted by molar-refractivity contribution is 9.08. The Morgan fingerprint density at radius 1 is 1.43 bits per heavy atom. The number of methoxy groups -OCH3 is 1. The molecule has 0 aromatic carbocycles. The van der Waals surface area contributed by atoms with Crippen LogP contribution in [0.2, 0.25) is 0 Å². The van der Waals surface area contributed by atoms with Gasteiger partial charge < -0.3 is 9.47 Å². The zero-order chi connectivity index (χ0) is 16.2. The van der Waals surface area contributed by atoms with Crippen LogP contribution in [0.1, 0.15) is 23.2 Å². The molecule has 0 saturated carbocycles. The van der Waals surface area contributed by atoms with Gasteiger partial charge in [-0.3, -0.25) is 4.79 Å². The summed E-state index contributed by atoms with van der Waals surface area (Å²) in [6.45, 7) is 0. The molecule has 0 amide bonds. The molecule has 118 valence electrons. The number of hydrogen-bond donors (Lipinski definition) is 0. The van der Waals surface area contributed by atoms with Crippen molar-refractivity contribution in [3.8, 4) is 5.88 Å². The fourth-order valence-corrected chi connectivity index (χ4v) is 1.98. The first kappa shape index (κ1) is 17.6. The van der Waals surface area contributed by atoms with Crippen molar-refractivity contribution in [2.45, 2.75) is 24.5 Å². The second-order valence-electron chi connectivity index (χ2n) is 3.72. The van der Waals surface area contributed by atoms with Crippen LogP contribution in [-0.4, -0.2) is 24.4 Å². The molecule has 0 bridgehead atoms. The highest BCUT2D eigenvalue weighted by Gasteiger charge is 2.33. The Bertz CT molecular complexity index is 521. The number of esters is 1. The molecule has 1 rings (SSSR count). The third kappa shape index (κ3) is 5.10. The maximum Gasteiger partial charge on any atom is 0.574 e. The van der Waals surface area contributed by atoms with Gasteiger partial charge >= 0.3 is 12.3 Å². The van der Waals surface area contributed by atoms with E-state index in [4.69, 9.17) is 0 Å². The average Bonchev–Trinajstić information content (AvgIpc) is 2.35. The van der Waals surface area contributed by atoms with Crippen LogP contribution in [0, 0.1) is 0 Å². The fraction of sp³-hybridized carbons (Fsp3) is 0.455. The third-order valence-electron chi connectivity index (χ3n) is 2.33. The third-order valence-corrected chi connectivity index (χ3v) is 2.86. The molecule has 0 fully saturated rings. The number of hydrogen-bond acceptors (Lipinski definition) is 4. The summed E-state index contributed by atoms with van der Waals surface area (Å²) in [6, 6.07) is 0.651. The van der Waals surface area contributed by atoms with E-state index in [0.29, 0.717) is 6.07 Å². The van der Waals surface area contributed by atoms with Crippen LogP contribution in [0.25, 0.3) is 0 Å². The second-order valence-corrected chi connectivity index (χ2v) is 4.28. The number of pyridine rings is 1. The lowest BCUT2D eigenvalue weighted by Crippen LogP contribution is -2.19. The van der Waals surface area contributed by atoms with Crippen molar-refractivity contribution >= 4 is 21.9 Å². The van der Waals surface area contributed by atoms with E-state index in [0.717, 1.165) is 7.11 Å². The van der Waals surface area contributed by atoms with E-state index in [1.807, 2.05) is 0 Å². The minimum absolute atomic E-state index is 0.226. The van der Waals surface area contributed by atoms with E-state index in [2.05, 4.69) is 30.4 Å². The SMILES string of the molecule is COC(=O)Cc1cc(OC(F)(F)F)nc(CBr)c1C(F)F. The van der Waals surface area contributed by atoms with Gasteiger partial charge in [0.1, 0.15) is 0 Å². The molecule has 1 aromatic rings. The molecule has 0 saturated heterocycles. The number of carbonyl (C=O) groups excluding carboxylic acids is 1. The van der Waals surface area contributed by atoms with Crippen LogP contribution in [-0.2, 0) is 21.3 Å². The van der Waals surface area contributed by atoms with Gasteiger partial charge in [-0.25, -0.2) is 13.8 Å². The smallest absolute Gasteiger partial charge is 0.469 e. The van der Waals surface area contributed by atoms with E-state index >= 15 is 0 Å².